The molecule has 3 aromatic rings. The average Bonchev–Trinajstić information content (AvgIpc) is 2.84. The Bertz CT molecular complexity index is 839. The van der Waals surface area contributed by atoms with Crippen LogP contribution in [0.2, 0.25) is 0 Å². The maximum atomic E-state index is 13.7. The summed E-state index contributed by atoms with van der Waals surface area (Å²) in [6.45, 7) is 2.85. The Morgan fingerprint density at radius 2 is 2.00 bits per heavy atom. The molecule has 1 atom stereocenters. The number of nitrogens with one attached hydrogen (secondary N) is 1. The zero-order valence-corrected chi connectivity index (χ0v) is 12.2. The number of hydrogen-bond acceptors (Lipinski definition) is 3. The number of fused-ring (bicyclic) bond motifs is 1. The number of pyridine rings is 1. The van der Waals surface area contributed by atoms with E-state index in [9.17, 15) is 9.18 Å². The first-order chi connectivity index (χ1) is 10.7. The van der Waals surface area contributed by atoms with Gasteiger partial charge in [0.05, 0.1) is 6.54 Å². The van der Waals surface area contributed by atoms with Crippen LogP contribution >= 0.6 is 0 Å². The van der Waals surface area contributed by atoms with E-state index in [0.29, 0.717) is 24.3 Å². The van der Waals surface area contributed by atoms with Crippen molar-refractivity contribution in [3.63, 3.8) is 0 Å². The van der Waals surface area contributed by atoms with Crippen molar-refractivity contribution in [3.8, 4) is 0 Å². The molecule has 0 aliphatic rings. The molecule has 0 amide bonds. The van der Waals surface area contributed by atoms with Gasteiger partial charge in [-0.25, -0.2) is 13.9 Å². The van der Waals surface area contributed by atoms with Crippen LogP contribution in [0.15, 0.2) is 53.5 Å². The fourth-order valence-corrected chi connectivity index (χ4v) is 2.44. The van der Waals surface area contributed by atoms with E-state index in [1.807, 2.05) is 19.1 Å². The van der Waals surface area contributed by atoms with E-state index in [-0.39, 0.29) is 17.5 Å². The lowest BCUT2D eigenvalue weighted by atomic mass is 10.1. The van der Waals surface area contributed by atoms with E-state index >= 15 is 0 Å². The Hall–Kier alpha value is -2.47. The minimum absolute atomic E-state index is 0.131. The molecule has 1 N–H and O–H groups in total. The summed E-state index contributed by atoms with van der Waals surface area (Å²) in [5.74, 6) is -0.229. The average molecular weight is 300 g/mol. The molecule has 3 rings (SSSR count). The van der Waals surface area contributed by atoms with Gasteiger partial charge < -0.3 is 5.32 Å². The molecule has 5 nitrogen and oxygen atoms in total. The number of nitrogens with zero attached hydrogens (tertiary/aromatic N) is 3. The predicted molar refractivity (Wildman–Crippen MR) is 82.3 cm³/mol. The van der Waals surface area contributed by atoms with Crippen molar-refractivity contribution in [2.24, 2.45) is 0 Å². The topological polar surface area (TPSA) is 51.3 Å². The first kappa shape index (κ1) is 14.5. The normalized spacial score (nSPS) is 12.6. The van der Waals surface area contributed by atoms with Gasteiger partial charge in [-0.3, -0.25) is 4.40 Å². The molecule has 0 saturated heterocycles. The van der Waals surface area contributed by atoms with Crippen LogP contribution < -0.4 is 11.0 Å². The van der Waals surface area contributed by atoms with Crippen LogP contribution in [-0.2, 0) is 6.54 Å². The second-order valence-corrected chi connectivity index (χ2v) is 5.13. The fourth-order valence-electron chi connectivity index (χ4n) is 2.44. The SMILES string of the molecule is C[C@@H](NCCn1nc2ccccn2c1=O)c1ccccc1F. The second kappa shape index (κ2) is 6.11. The molecule has 0 saturated carbocycles. The lowest BCUT2D eigenvalue weighted by Crippen LogP contribution is -2.29. The van der Waals surface area contributed by atoms with Gasteiger partial charge in [0.25, 0.3) is 0 Å². The standard InChI is InChI=1S/C16H17FN4O/c1-12(13-6-2-3-7-14(13)17)18-9-11-21-16(22)20-10-5-4-8-15(20)19-21/h2-8,10,12,18H,9,11H2,1H3/t12-/m1/s1. The van der Waals surface area contributed by atoms with Crippen molar-refractivity contribution in [1.82, 2.24) is 19.5 Å². The molecule has 0 aliphatic carbocycles. The van der Waals surface area contributed by atoms with Crippen LogP contribution in [0.1, 0.15) is 18.5 Å². The summed E-state index contributed by atoms with van der Waals surface area (Å²) in [6, 6.07) is 12.0. The Kier molecular flexibility index (Phi) is 4.02. The van der Waals surface area contributed by atoms with E-state index in [0.717, 1.165) is 0 Å². The Labute approximate surface area is 127 Å². The molecule has 0 radical (unpaired) electrons. The third-order valence-corrected chi connectivity index (χ3v) is 3.63. The van der Waals surface area contributed by atoms with Crippen LogP contribution in [0, 0.1) is 5.82 Å². The summed E-state index contributed by atoms with van der Waals surface area (Å²) in [5, 5.41) is 7.46. The smallest absolute Gasteiger partial charge is 0.308 e. The Morgan fingerprint density at radius 3 is 2.77 bits per heavy atom. The molecule has 0 bridgehead atoms. The van der Waals surface area contributed by atoms with Crippen molar-refractivity contribution in [2.45, 2.75) is 19.5 Å². The van der Waals surface area contributed by atoms with Crippen molar-refractivity contribution < 1.29 is 4.39 Å². The van der Waals surface area contributed by atoms with Crippen LogP contribution in [0.4, 0.5) is 4.39 Å². The highest BCUT2D eigenvalue weighted by Crippen LogP contribution is 2.15. The predicted octanol–water partition coefficient (Wildman–Crippen LogP) is 1.99. The summed E-state index contributed by atoms with van der Waals surface area (Å²) in [7, 11) is 0. The van der Waals surface area contributed by atoms with E-state index in [2.05, 4.69) is 10.4 Å². The largest absolute Gasteiger partial charge is 0.350 e. The van der Waals surface area contributed by atoms with Gasteiger partial charge in [-0.2, -0.15) is 0 Å². The molecular weight excluding hydrogens is 283 g/mol. The molecule has 0 aliphatic heterocycles. The van der Waals surface area contributed by atoms with Crippen LogP contribution in [-0.4, -0.2) is 20.7 Å². The van der Waals surface area contributed by atoms with Crippen molar-refractivity contribution in [3.05, 3.63) is 70.5 Å². The summed E-state index contributed by atoms with van der Waals surface area (Å²) in [5.41, 5.74) is 1.07. The minimum Gasteiger partial charge on any atom is -0.308 e. The number of rotatable bonds is 5. The van der Waals surface area contributed by atoms with Crippen LogP contribution in [0.5, 0.6) is 0 Å². The Morgan fingerprint density at radius 1 is 1.23 bits per heavy atom. The van der Waals surface area contributed by atoms with Gasteiger partial charge in [0, 0.05) is 24.3 Å². The molecule has 1 aromatic carbocycles. The molecule has 0 fully saturated rings. The minimum atomic E-state index is -0.229. The van der Waals surface area contributed by atoms with E-state index in [1.165, 1.54) is 15.1 Å². The first-order valence-corrected chi connectivity index (χ1v) is 7.19. The van der Waals surface area contributed by atoms with E-state index < -0.39 is 0 Å². The third kappa shape index (κ3) is 2.78. The van der Waals surface area contributed by atoms with Crippen LogP contribution in [0.25, 0.3) is 5.65 Å². The molecule has 114 valence electrons. The molecule has 6 heteroatoms. The number of hydrogen-bond donors (Lipinski definition) is 1. The summed E-state index contributed by atoms with van der Waals surface area (Å²) >= 11 is 0. The lowest BCUT2D eigenvalue weighted by molar-refractivity contribution is 0.483. The van der Waals surface area contributed by atoms with Gasteiger partial charge in [0.15, 0.2) is 5.65 Å². The zero-order chi connectivity index (χ0) is 15.5. The van der Waals surface area contributed by atoms with Gasteiger partial charge in [0.1, 0.15) is 5.82 Å². The highest BCUT2D eigenvalue weighted by molar-refractivity contribution is 5.35. The lowest BCUT2D eigenvalue weighted by Gasteiger charge is -2.14. The van der Waals surface area contributed by atoms with Gasteiger partial charge in [-0.1, -0.05) is 24.3 Å². The number of aromatic nitrogens is 3. The van der Waals surface area contributed by atoms with Gasteiger partial charge >= 0.3 is 5.69 Å². The Balaban J connectivity index is 1.66. The van der Waals surface area contributed by atoms with Gasteiger partial charge in [-0.15, -0.1) is 5.10 Å². The molecule has 2 heterocycles. The maximum Gasteiger partial charge on any atom is 0.350 e. The van der Waals surface area contributed by atoms with E-state index in [4.69, 9.17) is 0 Å². The summed E-state index contributed by atoms with van der Waals surface area (Å²) < 4.78 is 16.6. The van der Waals surface area contributed by atoms with Gasteiger partial charge in [0.2, 0.25) is 0 Å². The monoisotopic (exact) mass is 300 g/mol. The fraction of sp³-hybridized carbons (Fsp3) is 0.250. The second-order valence-electron chi connectivity index (χ2n) is 5.13. The third-order valence-electron chi connectivity index (χ3n) is 3.63. The molecule has 22 heavy (non-hydrogen) atoms. The number of benzene rings is 1. The first-order valence-electron chi connectivity index (χ1n) is 7.19. The van der Waals surface area contributed by atoms with Gasteiger partial charge in [-0.05, 0) is 25.1 Å². The molecular formula is C16H17FN4O. The number of halogens is 1. The van der Waals surface area contributed by atoms with Crippen LogP contribution in [0.3, 0.4) is 0 Å². The maximum absolute atomic E-state index is 13.7. The van der Waals surface area contributed by atoms with E-state index in [1.54, 1.807) is 30.5 Å². The highest BCUT2D eigenvalue weighted by Gasteiger charge is 2.10. The summed E-state index contributed by atoms with van der Waals surface area (Å²) in [6.07, 6.45) is 1.69. The summed E-state index contributed by atoms with van der Waals surface area (Å²) in [4.78, 5) is 12.1. The van der Waals surface area contributed by atoms with Crippen molar-refractivity contribution in [1.29, 1.82) is 0 Å². The zero-order valence-electron chi connectivity index (χ0n) is 12.2. The molecule has 0 spiro atoms. The molecule has 0 unspecified atom stereocenters. The highest BCUT2D eigenvalue weighted by atomic mass is 19.1. The van der Waals surface area contributed by atoms with Crippen molar-refractivity contribution in [2.75, 3.05) is 6.54 Å². The quantitative estimate of drug-likeness (QED) is 0.784. The molecule has 2 aromatic heterocycles. The van der Waals surface area contributed by atoms with Crippen molar-refractivity contribution >= 4 is 5.65 Å².